The minimum Gasteiger partial charge on any atom is -0.461 e. The number of esters is 1. The van der Waals surface area contributed by atoms with Crippen molar-refractivity contribution in [2.45, 2.75) is 6.92 Å². The number of benzene rings is 2. The summed E-state index contributed by atoms with van der Waals surface area (Å²) in [5, 5.41) is 0.912. The Morgan fingerprint density at radius 2 is 1.71 bits per heavy atom. The van der Waals surface area contributed by atoms with E-state index in [9.17, 15) is 4.79 Å². The van der Waals surface area contributed by atoms with Gasteiger partial charge in [-0.15, -0.1) is 0 Å². The summed E-state index contributed by atoms with van der Waals surface area (Å²) in [5.41, 5.74) is 1.39. The molecule has 2 rings (SSSR count). The van der Waals surface area contributed by atoms with Crippen LogP contribution in [0, 0.1) is 0 Å². The van der Waals surface area contributed by atoms with Gasteiger partial charge in [0, 0.05) is 15.6 Å². The first-order valence-electron chi connectivity index (χ1n) is 6.37. The zero-order valence-electron chi connectivity index (χ0n) is 11.3. The van der Waals surface area contributed by atoms with Crippen molar-refractivity contribution in [1.82, 2.24) is 0 Å². The van der Waals surface area contributed by atoms with E-state index in [0.717, 1.165) is 0 Å². The lowest BCUT2D eigenvalue weighted by Gasteiger charge is -2.07. The zero-order valence-corrected chi connectivity index (χ0v) is 12.9. The van der Waals surface area contributed by atoms with Crippen molar-refractivity contribution in [3.8, 4) is 0 Å². The lowest BCUT2D eigenvalue weighted by atomic mass is 10.1. The normalized spacial score (nSPS) is 11.3. The second-order valence-electron chi connectivity index (χ2n) is 4.17. The number of halogens is 2. The van der Waals surface area contributed by atoms with Gasteiger partial charge in [0.1, 0.15) is 0 Å². The van der Waals surface area contributed by atoms with E-state index in [1.165, 1.54) is 0 Å². The van der Waals surface area contributed by atoms with Crippen molar-refractivity contribution >= 4 is 40.6 Å². The van der Waals surface area contributed by atoms with Gasteiger partial charge in [-0.05, 0) is 25.1 Å². The molecule has 0 bridgehead atoms. The third kappa shape index (κ3) is 4.31. The lowest BCUT2D eigenvalue weighted by molar-refractivity contribution is -0.134. The van der Waals surface area contributed by atoms with Gasteiger partial charge in [-0.1, -0.05) is 53.5 Å². The molecular weight excluding hydrogens is 309 g/mol. The highest BCUT2D eigenvalue weighted by atomic mass is 35.5. The molecule has 5 heteroatoms. The molecule has 0 N–H and O–H groups in total. The SMILES string of the molecule is CCOC(=O)C(=Nc1cc(Cl)cc(Cl)c1)c1ccccc1. The summed E-state index contributed by atoms with van der Waals surface area (Å²) >= 11 is 11.9. The van der Waals surface area contributed by atoms with Gasteiger partial charge in [0.25, 0.3) is 0 Å². The maximum Gasteiger partial charge on any atom is 0.357 e. The van der Waals surface area contributed by atoms with Gasteiger partial charge >= 0.3 is 5.97 Å². The second kappa shape index (κ2) is 7.25. The molecule has 0 heterocycles. The van der Waals surface area contributed by atoms with E-state index in [1.54, 1.807) is 37.3 Å². The molecule has 0 aliphatic rings. The topological polar surface area (TPSA) is 38.7 Å². The number of nitrogens with zero attached hydrogens (tertiary/aromatic N) is 1. The van der Waals surface area contributed by atoms with E-state index in [0.29, 0.717) is 21.3 Å². The highest BCUT2D eigenvalue weighted by Crippen LogP contribution is 2.25. The van der Waals surface area contributed by atoms with Crippen LogP contribution >= 0.6 is 23.2 Å². The van der Waals surface area contributed by atoms with E-state index < -0.39 is 5.97 Å². The first-order chi connectivity index (χ1) is 10.1. The summed E-state index contributed by atoms with van der Waals surface area (Å²) < 4.78 is 5.06. The highest BCUT2D eigenvalue weighted by molar-refractivity contribution is 6.44. The summed E-state index contributed by atoms with van der Waals surface area (Å²) in [5.74, 6) is -0.486. The summed E-state index contributed by atoms with van der Waals surface area (Å²) in [6, 6.07) is 14.0. The summed E-state index contributed by atoms with van der Waals surface area (Å²) in [6.45, 7) is 2.03. The van der Waals surface area contributed by atoms with Gasteiger partial charge in [-0.25, -0.2) is 9.79 Å². The predicted octanol–water partition coefficient (Wildman–Crippen LogP) is 4.68. The van der Waals surface area contributed by atoms with Crippen LogP contribution in [0.2, 0.25) is 10.0 Å². The number of hydrogen-bond donors (Lipinski definition) is 0. The molecule has 2 aromatic rings. The van der Waals surface area contributed by atoms with E-state index in [-0.39, 0.29) is 12.3 Å². The molecule has 0 aromatic heterocycles. The minimum atomic E-state index is -0.486. The van der Waals surface area contributed by atoms with E-state index in [2.05, 4.69) is 4.99 Å². The largest absolute Gasteiger partial charge is 0.461 e. The molecule has 0 spiro atoms. The Hall–Kier alpha value is -1.84. The standard InChI is InChI=1S/C16H13Cl2NO2/c1-2-21-16(20)15(11-6-4-3-5-7-11)19-14-9-12(17)8-13(18)10-14/h3-10H,2H2,1H3. The quantitative estimate of drug-likeness (QED) is 0.606. The van der Waals surface area contributed by atoms with Crippen LogP contribution in [-0.2, 0) is 9.53 Å². The molecule has 0 saturated carbocycles. The molecule has 21 heavy (non-hydrogen) atoms. The maximum atomic E-state index is 12.1. The molecule has 0 amide bonds. The van der Waals surface area contributed by atoms with Gasteiger partial charge in [0.15, 0.2) is 5.71 Å². The first kappa shape index (κ1) is 15.5. The van der Waals surface area contributed by atoms with Crippen molar-refractivity contribution in [2.24, 2.45) is 4.99 Å². The van der Waals surface area contributed by atoms with Crippen LogP contribution in [0.3, 0.4) is 0 Å². The van der Waals surface area contributed by atoms with Crippen LogP contribution in [0.5, 0.6) is 0 Å². The van der Waals surface area contributed by atoms with E-state index in [1.807, 2.05) is 18.2 Å². The Morgan fingerprint density at radius 1 is 1.10 bits per heavy atom. The number of carbonyl (C=O) groups excluding carboxylic acids is 1. The van der Waals surface area contributed by atoms with Crippen LogP contribution in [0.25, 0.3) is 0 Å². The molecular formula is C16H13Cl2NO2. The van der Waals surface area contributed by atoms with Crippen molar-refractivity contribution in [1.29, 1.82) is 0 Å². The molecule has 3 nitrogen and oxygen atoms in total. The predicted molar refractivity (Wildman–Crippen MR) is 85.7 cm³/mol. The number of hydrogen-bond acceptors (Lipinski definition) is 3. The fourth-order valence-electron chi connectivity index (χ4n) is 1.76. The Kier molecular flexibility index (Phi) is 5.37. The Bertz CT molecular complexity index is 649. The van der Waals surface area contributed by atoms with Gasteiger partial charge in [-0.3, -0.25) is 0 Å². The molecule has 0 fully saturated rings. The molecule has 108 valence electrons. The number of aliphatic imine (C=N–C) groups is 1. The first-order valence-corrected chi connectivity index (χ1v) is 7.13. The molecule has 0 aliphatic heterocycles. The maximum absolute atomic E-state index is 12.1. The van der Waals surface area contributed by atoms with Crippen LogP contribution in [0.15, 0.2) is 53.5 Å². The Labute approximate surface area is 133 Å². The number of ether oxygens (including phenoxy) is 1. The van der Waals surface area contributed by atoms with Crippen molar-refractivity contribution in [3.63, 3.8) is 0 Å². The lowest BCUT2D eigenvalue weighted by Crippen LogP contribution is -2.18. The smallest absolute Gasteiger partial charge is 0.357 e. The van der Waals surface area contributed by atoms with E-state index >= 15 is 0 Å². The summed E-state index contributed by atoms with van der Waals surface area (Å²) in [4.78, 5) is 16.4. The van der Waals surface area contributed by atoms with Gasteiger partial charge in [0.2, 0.25) is 0 Å². The van der Waals surface area contributed by atoms with Crippen LogP contribution < -0.4 is 0 Å². The monoisotopic (exact) mass is 321 g/mol. The molecule has 0 aliphatic carbocycles. The number of carbonyl (C=O) groups is 1. The fourth-order valence-corrected chi connectivity index (χ4v) is 2.27. The van der Waals surface area contributed by atoms with Gasteiger partial charge in [-0.2, -0.15) is 0 Å². The third-order valence-corrected chi connectivity index (χ3v) is 3.04. The number of rotatable bonds is 4. The van der Waals surface area contributed by atoms with Crippen LogP contribution in [-0.4, -0.2) is 18.3 Å². The van der Waals surface area contributed by atoms with Crippen LogP contribution in [0.1, 0.15) is 12.5 Å². The third-order valence-electron chi connectivity index (χ3n) is 2.60. The average Bonchev–Trinajstić information content (AvgIpc) is 2.45. The molecule has 0 radical (unpaired) electrons. The van der Waals surface area contributed by atoms with Crippen molar-refractivity contribution < 1.29 is 9.53 Å². The van der Waals surface area contributed by atoms with Crippen LogP contribution in [0.4, 0.5) is 5.69 Å². The van der Waals surface area contributed by atoms with Crippen molar-refractivity contribution in [2.75, 3.05) is 6.61 Å². The second-order valence-corrected chi connectivity index (χ2v) is 5.05. The van der Waals surface area contributed by atoms with E-state index in [4.69, 9.17) is 27.9 Å². The zero-order chi connectivity index (χ0) is 15.2. The Balaban J connectivity index is 2.48. The van der Waals surface area contributed by atoms with Gasteiger partial charge < -0.3 is 4.74 Å². The molecule has 0 unspecified atom stereocenters. The average molecular weight is 322 g/mol. The summed E-state index contributed by atoms with van der Waals surface area (Å²) in [7, 11) is 0. The molecule has 2 aromatic carbocycles. The van der Waals surface area contributed by atoms with Gasteiger partial charge in [0.05, 0.1) is 12.3 Å². The molecule has 0 saturated heterocycles. The highest BCUT2D eigenvalue weighted by Gasteiger charge is 2.15. The summed E-state index contributed by atoms with van der Waals surface area (Å²) in [6.07, 6.45) is 0. The fraction of sp³-hybridized carbons (Fsp3) is 0.125. The van der Waals surface area contributed by atoms with Crippen molar-refractivity contribution in [3.05, 3.63) is 64.1 Å². The molecule has 0 atom stereocenters. The minimum absolute atomic E-state index is 0.218. The Morgan fingerprint density at radius 3 is 2.29 bits per heavy atom.